The van der Waals surface area contributed by atoms with Gasteiger partial charge in [0.05, 0.1) is 0 Å². The van der Waals surface area contributed by atoms with Gasteiger partial charge in [0.1, 0.15) is 6.04 Å². The molecule has 2 aliphatic rings. The lowest BCUT2D eigenvalue weighted by atomic mass is 10.0. The van der Waals surface area contributed by atoms with Gasteiger partial charge in [-0.05, 0) is 25.2 Å². The van der Waals surface area contributed by atoms with Crippen LogP contribution in [0.1, 0.15) is 32.1 Å². The van der Waals surface area contributed by atoms with Crippen molar-refractivity contribution in [2.24, 2.45) is 5.92 Å². The van der Waals surface area contributed by atoms with Crippen LogP contribution in [-0.4, -0.2) is 46.9 Å². The van der Waals surface area contributed by atoms with Crippen molar-refractivity contribution in [2.75, 3.05) is 13.1 Å². The Hall–Kier alpha value is -1.59. The number of carboxylic acids is 1. The Kier molecular flexibility index (Phi) is 3.84. The molecule has 2 saturated heterocycles. The molecule has 2 fully saturated rings. The third kappa shape index (κ3) is 3.00. The molecule has 2 atom stereocenters. The number of hydrogen-bond donors (Lipinski definition) is 2. The molecule has 6 heteroatoms. The number of amides is 2. The zero-order valence-electron chi connectivity index (χ0n) is 10.2. The average molecular weight is 254 g/mol. The maximum atomic E-state index is 12.1. The summed E-state index contributed by atoms with van der Waals surface area (Å²) < 4.78 is 0. The molecule has 2 heterocycles. The van der Waals surface area contributed by atoms with Crippen LogP contribution in [0.2, 0.25) is 0 Å². The van der Waals surface area contributed by atoms with Gasteiger partial charge in [-0.2, -0.15) is 0 Å². The second kappa shape index (κ2) is 5.37. The molecule has 0 spiro atoms. The van der Waals surface area contributed by atoms with E-state index in [0.29, 0.717) is 32.4 Å². The van der Waals surface area contributed by atoms with Crippen molar-refractivity contribution in [3.8, 4) is 0 Å². The van der Waals surface area contributed by atoms with Crippen LogP contribution in [0.5, 0.6) is 0 Å². The highest BCUT2D eigenvalue weighted by molar-refractivity contribution is 5.90. The number of carbonyl (C=O) groups is 3. The van der Waals surface area contributed by atoms with E-state index in [4.69, 9.17) is 5.11 Å². The zero-order valence-corrected chi connectivity index (χ0v) is 10.2. The third-order valence-corrected chi connectivity index (χ3v) is 3.66. The summed E-state index contributed by atoms with van der Waals surface area (Å²) in [5.41, 5.74) is 0. The lowest BCUT2D eigenvalue weighted by Gasteiger charge is -2.20. The fourth-order valence-corrected chi connectivity index (χ4v) is 2.62. The molecule has 0 aromatic rings. The van der Waals surface area contributed by atoms with E-state index in [2.05, 4.69) is 5.32 Å². The third-order valence-electron chi connectivity index (χ3n) is 3.66. The molecule has 100 valence electrons. The van der Waals surface area contributed by atoms with Crippen LogP contribution in [0.4, 0.5) is 0 Å². The fourth-order valence-electron chi connectivity index (χ4n) is 2.62. The standard InChI is InChI=1S/C12H18N2O4/c15-10-3-2-9(13-10)12(18)14-6-5-8(7-14)1-4-11(16)17/h8-9H,1-7H2,(H,13,15)(H,16,17). The first-order valence-electron chi connectivity index (χ1n) is 6.36. The van der Waals surface area contributed by atoms with Crippen molar-refractivity contribution in [3.63, 3.8) is 0 Å². The van der Waals surface area contributed by atoms with Crippen molar-refractivity contribution >= 4 is 17.8 Å². The number of likely N-dealkylation sites (tertiary alicyclic amines) is 1. The van der Waals surface area contributed by atoms with E-state index in [1.807, 2.05) is 0 Å². The normalized spacial score (nSPS) is 27.3. The monoisotopic (exact) mass is 254 g/mol. The molecule has 2 N–H and O–H groups in total. The van der Waals surface area contributed by atoms with Gasteiger partial charge in [-0.1, -0.05) is 0 Å². The Balaban J connectivity index is 1.79. The maximum Gasteiger partial charge on any atom is 0.303 e. The van der Waals surface area contributed by atoms with Gasteiger partial charge in [0.2, 0.25) is 11.8 Å². The van der Waals surface area contributed by atoms with E-state index in [1.165, 1.54) is 0 Å². The van der Waals surface area contributed by atoms with E-state index in [0.717, 1.165) is 6.42 Å². The van der Waals surface area contributed by atoms with Gasteiger partial charge in [0.25, 0.3) is 0 Å². The van der Waals surface area contributed by atoms with E-state index in [1.54, 1.807) is 4.90 Å². The second-order valence-corrected chi connectivity index (χ2v) is 5.03. The van der Waals surface area contributed by atoms with Crippen molar-refractivity contribution in [1.82, 2.24) is 10.2 Å². The highest BCUT2D eigenvalue weighted by Crippen LogP contribution is 2.22. The summed E-state index contributed by atoms with van der Waals surface area (Å²) in [7, 11) is 0. The molecule has 0 radical (unpaired) electrons. The highest BCUT2D eigenvalue weighted by Gasteiger charge is 2.34. The van der Waals surface area contributed by atoms with Gasteiger partial charge >= 0.3 is 5.97 Å². The number of nitrogens with one attached hydrogen (secondary N) is 1. The van der Waals surface area contributed by atoms with Crippen molar-refractivity contribution in [3.05, 3.63) is 0 Å². The summed E-state index contributed by atoms with van der Waals surface area (Å²) in [6.07, 6.45) is 2.64. The molecule has 0 bridgehead atoms. The van der Waals surface area contributed by atoms with Crippen LogP contribution in [0.25, 0.3) is 0 Å². The predicted molar refractivity (Wildman–Crippen MR) is 62.7 cm³/mol. The average Bonchev–Trinajstić information content (AvgIpc) is 2.94. The first-order valence-corrected chi connectivity index (χ1v) is 6.36. The van der Waals surface area contributed by atoms with E-state index in [9.17, 15) is 14.4 Å². The smallest absolute Gasteiger partial charge is 0.303 e. The number of aliphatic carboxylic acids is 1. The molecule has 2 rings (SSSR count). The number of nitrogens with zero attached hydrogens (tertiary/aromatic N) is 1. The molecule has 0 saturated carbocycles. The molecule has 2 amide bonds. The summed E-state index contributed by atoms with van der Waals surface area (Å²) in [6, 6.07) is -0.365. The van der Waals surface area contributed by atoms with Crippen molar-refractivity contribution in [2.45, 2.75) is 38.1 Å². The minimum Gasteiger partial charge on any atom is -0.481 e. The fraction of sp³-hybridized carbons (Fsp3) is 0.750. The highest BCUT2D eigenvalue weighted by atomic mass is 16.4. The topological polar surface area (TPSA) is 86.7 Å². The quantitative estimate of drug-likeness (QED) is 0.738. The van der Waals surface area contributed by atoms with Gasteiger partial charge in [0.15, 0.2) is 0 Å². The molecule has 0 aliphatic carbocycles. The lowest BCUT2D eigenvalue weighted by Crippen LogP contribution is -2.43. The van der Waals surface area contributed by atoms with Gasteiger partial charge in [0, 0.05) is 25.9 Å². The molecular weight excluding hydrogens is 236 g/mol. The summed E-state index contributed by atoms with van der Waals surface area (Å²) in [4.78, 5) is 35.4. The summed E-state index contributed by atoms with van der Waals surface area (Å²) >= 11 is 0. The summed E-state index contributed by atoms with van der Waals surface area (Å²) in [5.74, 6) is -0.585. The minimum atomic E-state index is -0.789. The number of hydrogen-bond acceptors (Lipinski definition) is 3. The van der Waals surface area contributed by atoms with Crippen LogP contribution >= 0.6 is 0 Å². The Labute approximate surface area is 105 Å². The summed E-state index contributed by atoms with van der Waals surface area (Å²) in [5, 5.41) is 11.3. The van der Waals surface area contributed by atoms with E-state index < -0.39 is 5.97 Å². The van der Waals surface area contributed by atoms with E-state index >= 15 is 0 Å². The lowest BCUT2D eigenvalue weighted by molar-refractivity contribution is -0.137. The van der Waals surface area contributed by atoms with Crippen LogP contribution in [0.3, 0.4) is 0 Å². The molecule has 2 aliphatic heterocycles. The van der Waals surface area contributed by atoms with Crippen LogP contribution in [-0.2, 0) is 14.4 Å². The molecule has 0 aromatic heterocycles. The summed E-state index contributed by atoms with van der Waals surface area (Å²) in [6.45, 7) is 1.30. The first-order chi connectivity index (χ1) is 8.56. The van der Waals surface area contributed by atoms with E-state index in [-0.39, 0.29) is 30.2 Å². The minimum absolute atomic E-state index is 0.0151. The van der Waals surface area contributed by atoms with Gasteiger partial charge in [-0.3, -0.25) is 14.4 Å². The molecule has 0 aromatic carbocycles. The molecule has 6 nitrogen and oxygen atoms in total. The zero-order chi connectivity index (χ0) is 13.1. The van der Waals surface area contributed by atoms with Crippen LogP contribution < -0.4 is 5.32 Å². The van der Waals surface area contributed by atoms with Crippen LogP contribution in [0.15, 0.2) is 0 Å². The SMILES string of the molecule is O=C(O)CCC1CCN(C(=O)C2CCC(=O)N2)C1. The Morgan fingerprint density at radius 3 is 2.78 bits per heavy atom. The van der Waals surface area contributed by atoms with Crippen molar-refractivity contribution < 1.29 is 19.5 Å². The van der Waals surface area contributed by atoms with Crippen LogP contribution in [0, 0.1) is 5.92 Å². The number of carboxylic acid groups (broad SMARTS) is 1. The number of rotatable bonds is 4. The molecular formula is C12H18N2O4. The Morgan fingerprint density at radius 2 is 2.17 bits per heavy atom. The maximum absolute atomic E-state index is 12.1. The number of carbonyl (C=O) groups excluding carboxylic acids is 2. The second-order valence-electron chi connectivity index (χ2n) is 5.03. The predicted octanol–water partition coefficient (Wildman–Crippen LogP) is -0.0217. The van der Waals surface area contributed by atoms with Gasteiger partial charge in [-0.15, -0.1) is 0 Å². The Morgan fingerprint density at radius 1 is 1.39 bits per heavy atom. The van der Waals surface area contributed by atoms with Crippen molar-refractivity contribution in [1.29, 1.82) is 0 Å². The van der Waals surface area contributed by atoms with Gasteiger partial charge < -0.3 is 15.3 Å². The first kappa shape index (κ1) is 12.9. The molecule has 2 unspecified atom stereocenters. The largest absolute Gasteiger partial charge is 0.481 e. The van der Waals surface area contributed by atoms with Gasteiger partial charge in [-0.25, -0.2) is 0 Å². The Bertz CT molecular complexity index is 369. The molecule has 18 heavy (non-hydrogen) atoms.